The molecule has 0 unspecified atom stereocenters. The number of hydrogen-bond acceptors (Lipinski definition) is 6. The summed E-state index contributed by atoms with van der Waals surface area (Å²) in [6, 6.07) is 5.81. The quantitative estimate of drug-likeness (QED) is 0.489. The van der Waals surface area contributed by atoms with E-state index < -0.39 is 23.1 Å². The second kappa shape index (κ2) is 10.3. The SMILES string of the molecule is [C-]#[N+]c1nc2c(C#N)c(N3CCC[C@@H](NC(=O)OC(C)(C)C)C3)n(Cc3cc(F)ccc3Cl)c2c(=O)n1C. The summed E-state index contributed by atoms with van der Waals surface area (Å²) in [5, 5.41) is 13.4. The van der Waals surface area contributed by atoms with Crippen LogP contribution >= 0.6 is 11.6 Å². The molecule has 198 valence electrons. The van der Waals surface area contributed by atoms with Gasteiger partial charge in [-0.05, 0) is 57.4 Å². The molecule has 38 heavy (non-hydrogen) atoms. The van der Waals surface area contributed by atoms with E-state index in [1.807, 2.05) is 4.90 Å². The normalized spacial score (nSPS) is 15.7. The molecule has 1 N–H and O–H groups in total. The summed E-state index contributed by atoms with van der Waals surface area (Å²) < 4.78 is 22.2. The maximum atomic E-state index is 14.1. The van der Waals surface area contributed by atoms with E-state index in [1.165, 1.54) is 25.2 Å². The van der Waals surface area contributed by atoms with Crippen molar-refractivity contribution in [3.63, 3.8) is 0 Å². The number of fused-ring (bicyclic) bond motifs is 1. The highest BCUT2D eigenvalue weighted by Gasteiger charge is 2.32. The van der Waals surface area contributed by atoms with Crippen LogP contribution in [-0.2, 0) is 18.3 Å². The Kier molecular flexibility index (Phi) is 7.34. The van der Waals surface area contributed by atoms with Crippen LogP contribution in [0.4, 0.5) is 21.0 Å². The van der Waals surface area contributed by atoms with Crippen LogP contribution in [0.15, 0.2) is 23.0 Å². The van der Waals surface area contributed by atoms with Gasteiger partial charge in [-0.15, -0.1) is 11.6 Å². The molecule has 12 heteroatoms. The zero-order chi connectivity index (χ0) is 27.8. The van der Waals surface area contributed by atoms with Gasteiger partial charge in [-0.25, -0.2) is 14.0 Å². The van der Waals surface area contributed by atoms with Gasteiger partial charge in [0.25, 0.3) is 0 Å². The minimum Gasteiger partial charge on any atom is -0.444 e. The summed E-state index contributed by atoms with van der Waals surface area (Å²) in [6.07, 6.45) is 0.830. The van der Waals surface area contributed by atoms with Crippen molar-refractivity contribution < 1.29 is 13.9 Å². The van der Waals surface area contributed by atoms with Crippen LogP contribution in [0.25, 0.3) is 15.9 Å². The van der Waals surface area contributed by atoms with Crippen LogP contribution in [0.3, 0.4) is 0 Å². The number of piperidine rings is 1. The molecule has 1 atom stereocenters. The molecule has 1 aliphatic heterocycles. The molecular formula is C26H27ClFN7O3. The molecule has 1 fully saturated rings. The highest BCUT2D eigenvalue weighted by atomic mass is 35.5. The summed E-state index contributed by atoms with van der Waals surface area (Å²) in [4.78, 5) is 35.4. The molecule has 0 radical (unpaired) electrons. The van der Waals surface area contributed by atoms with Crippen molar-refractivity contribution >= 4 is 40.5 Å². The minimum atomic E-state index is -0.657. The Balaban J connectivity index is 1.86. The average molecular weight is 540 g/mol. The van der Waals surface area contributed by atoms with Gasteiger partial charge in [0.15, 0.2) is 11.0 Å². The molecule has 1 aromatic carbocycles. The molecule has 0 spiro atoms. The Labute approximate surface area is 224 Å². The number of halogens is 2. The van der Waals surface area contributed by atoms with Gasteiger partial charge in [0, 0.05) is 31.2 Å². The molecule has 2 aromatic heterocycles. The topological polar surface area (TPSA) is 110 Å². The lowest BCUT2D eigenvalue weighted by Crippen LogP contribution is -2.49. The summed E-state index contributed by atoms with van der Waals surface area (Å²) in [5.74, 6) is -0.260. The van der Waals surface area contributed by atoms with Crippen molar-refractivity contribution in [2.24, 2.45) is 7.05 Å². The lowest BCUT2D eigenvalue weighted by atomic mass is 10.1. The van der Waals surface area contributed by atoms with E-state index in [9.17, 15) is 19.2 Å². The predicted octanol–water partition coefficient (Wildman–Crippen LogP) is 4.49. The van der Waals surface area contributed by atoms with Crippen molar-refractivity contribution in [3.8, 4) is 6.07 Å². The zero-order valence-electron chi connectivity index (χ0n) is 21.5. The first-order chi connectivity index (χ1) is 17.9. The Morgan fingerprint density at radius 2 is 2.16 bits per heavy atom. The van der Waals surface area contributed by atoms with E-state index in [-0.39, 0.29) is 35.1 Å². The fraction of sp³-hybridized carbons (Fsp3) is 0.423. The molecular weight excluding hydrogens is 513 g/mol. The third-order valence-electron chi connectivity index (χ3n) is 6.22. The van der Waals surface area contributed by atoms with Crippen molar-refractivity contribution in [2.75, 3.05) is 18.0 Å². The van der Waals surface area contributed by atoms with Crippen LogP contribution in [-0.4, -0.2) is 44.9 Å². The number of carbonyl (C=O) groups excluding carboxylic acids is 1. The second-order valence-corrected chi connectivity index (χ2v) is 10.6. The van der Waals surface area contributed by atoms with E-state index in [1.54, 1.807) is 25.3 Å². The number of aromatic nitrogens is 3. The molecule has 4 rings (SSSR count). The van der Waals surface area contributed by atoms with Crippen LogP contribution in [0, 0.1) is 23.7 Å². The van der Waals surface area contributed by atoms with Crippen LogP contribution in [0.1, 0.15) is 44.7 Å². The number of nitrogens with one attached hydrogen (secondary N) is 1. The van der Waals surface area contributed by atoms with Crippen LogP contribution in [0.5, 0.6) is 0 Å². The third kappa shape index (κ3) is 5.29. The van der Waals surface area contributed by atoms with Crippen LogP contribution in [0.2, 0.25) is 5.02 Å². The van der Waals surface area contributed by atoms with Gasteiger partial charge in [-0.3, -0.25) is 4.57 Å². The molecule has 1 amide bonds. The molecule has 1 aliphatic rings. The first kappa shape index (κ1) is 27.0. The molecule has 10 nitrogen and oxygen atoms in total. The summed E-state index contributed by atoms with van der Waals surface area (Å²) in [6.45, 7) is 13.6. The van der Waals surface area contributed by atoms with Crippen molar-refractivity contribution in [2.45, 2.75) is 51.8 Å². The lowest BCUT2D eigenvalue weighted by molar-refractivity contribution is 0.0500. The standard InChI is InChI=1S/C26H27ClFN7O3/c1-26(2,3)38-25(37)31-17-7-6-10-34(14-17)22-18(12-29)20-21(23(36)33(5)24(30-4)32-20)35(22)13-15-11-16(28)8-9-19(15)27/h8-9,11,17H,6-7,10,13-14H2,1-3,5H3,(H,31,37)/t17-/m1/s1. The van der Waals surface area contributed by atoms with Gasteiger partial charge in [0.05, 0.1) is 6.54 Å². The van der Waals surface area contributed by atoms with E-state index in [0.717, 1.165) is 4.57 Å². The fourth-order valence-electron chi connectivity index (χ4n) is 4.63. The van der Waals surface area contributed by atoms with E-state index in [2.05, 4.69) is 21.2 Å². The van der Waals surface area contributed by atoms with Gasteiger partial charge in [-0.2, -0.15) is 5.26 Å². The largest absolute Gasteiger partial charge is 0.444 e. The first-order valence-electron chi connectivity index (χ1n) is 12.0. The molecule has 3 aromatic rings. The molecule has 1 saturated heterocycles. The number of alkyl carbamates (subject to hydrolysis) is 1. The number of nitrogens with zero attached hydrogens (tertiary/aromatic N) is 6. The van der Waals surface area contributed by atoms with Gasteiger partial charge < -0.3 is 24.4 Å². The van der Waals surface area contributed by atoms with Gasteiger partial charge in [0.1, 0.15) is 28.9 Å². The van der Waals surface area contributed by atoms with Gasteiger partial charge in [-0.1, -0.05) is 11.6 Å². The maximum Gasteiger partial charge on any atom is 0.407 e. The molecule has 0 saturated carbocycles. The third-order valence-corrected chi connectivity index (χ3v) is 6.59. The number of rotatable bonds is 4. The Hall–Kier alpha value is -4.09. The maximum absolute atomic E-state index is 14.1. The number of ether oxygens (including phenoxy) is 1. The molecule has 0 bridgehead atoms. The number of nitriles is 1. The van der Waals surface area contributed by atoms with Crippen LogP contribution < -0.4 is 15.8 Å². The van der Waals surface area contributed by atoms with E-state index in [4.69, 9.17) is 22.9 Å². The molecule has 3 heterocycles. The van der Waals surface area contributed by atoms with Crippen molar-refractivity contribution in [3.05, 3.63) is 61.9 Å². The number of carbonyl (C=O) groups is 1. The number of benzene rings is 1. The Bertz CT molecular complexity index is 1560. The summed E-state index contributed by atoms with van der Waals surface area (Å²) in [7, 11) is 1.43. The van der Waals surface area contributed by atoms with Crippen molar-refractivity contribution in [1.82, 2.24) is 19.4 Å². The fourth-order valence-corrected chi connectivity index (χ4v) is 4.80. The highest BCUT2D eigenvalue weighted by Crippen LogP contribution is 2.34. The first-order valence-corrected chi connectivity index (χ1v) is 12.4. The average Bonchev–Trinajstić information content (AvgIpc) is 3.15. The van der Waals surface area contributed by atoms with Crippen molar-refractivity contribution in [1.29, 1.82) is 5.26 Å². The number of hydrogen-bond donors (Lipinski definition) is 1. The van der Waals surface area contributed by atoms with Gasteiger partial charge >= 0.3 is 17.6 Å². The predicted molar refractivity (Wildman–Crippen MR) is 141 cm³/mol. The lowest BCUT2D eigenvalue weighted by Gasteiger charge is -2.35. The molecule has 0 aliphatic carbocycles. The van der Waals surface area contributed by atoms with E-state index in [0.29, 0.717) is 42.3 Å². The number of amides is 1. The minimum absolute atomic E-state index is 0.0148. The Morgan fingerprint density at radius 3 is 2.82 bits per heavy atom. The second-order valence-electron chi connectivity index (χ2n) is 10.1. The van der Waals surface area contributed by atoms with Gasteiger partial charge in [0.2, 0.25) is 0 Å². The smallest absolute Gasteiger partial charge is 0.407 e. The highest BCUT2D eigenvalue weighted by molar-refractivity contribution is 6.31. The van der Waals surface area contributed by atoms with E-state index >= 15 is 0 Å². The Morgan fingerprint density at radius 1 is 1.42 bits per heavy atom. The number of anilines is 1. The summed E-state index contributed by atoms with van der Waals surface area (Å²) in [5.41, 5.74) is -0.453. The zero-order valence-corrected chi connectivity index (χ0v) is 22.3. The summed E-state index contributed by atoms with van der Waals surface area (Å²) >= 11 is 6.37. The monoisotopic (exact) mass is 539 g/mol.